The number of benzene rings is 2. The Bertz CT molecular complexity index is 564. The fourth-order valence-electron chi connectivity index (χ4n) is 1.68. The first-order valence-electron chi connectivity index (χ1n) is 6.45. The molecule has 0 saturated heterocycles. The molecule has 2 aromatic carbocycles. The maximum Gasteiger partial charge on any atom is 0.247 e. The lowest BCUT2D eigenvalue weighted by atomic mass is 10.2. The SMILES string of the molecule is CC(=O)N(/C=C/c1ccccc1)OCc1ccccc1. The van der Waals surface area contributed by atoms with Crippen molar-refractivity contribution in [2.45, 2.75) is 13.5 Å². The van der Waals surface area contributed by atoms with E-state index in [4.69, 9.17) is 4.84 Å². The van der Waals surface area contributed by atoms with Crippen molar-refractivity contribution in [3.8, 4) is 0 Å². The van der Waals surface area contributed by atoms with Gasteiger partial charge in [-0.2, -0.15) is 5.06 Å². The van der Waals surface area contributed by atoms with Gasteiger partial charge in [0.05, 0.1) is 0 Å². The lowest BCUT2D eigenvalue weighted by Crippen LogP contribution is -2.22. The first-order valence-corrected chi connectivity index (χ1v) is 6.45. The summed E-state index contributed by atoms with van der Waals surface area (Å²) >= 11 is 0. The fourth-order valence-corrected chi connectivity index (χ4v) is 1.68. The van der Waals surface area contributed by atoms with Crippen LogP contribution in [0.5, 0.6) is 0 Å². The number of hydrogen-bond acceptors (Lipinski definition) is 2. The molecule has 1 amide bonds. The smallest absolute Gasteiger partial charge is 0.247 e. The normalized spacial score (nSPS) is 10.7. The summed E-state index contributed by atoms with van der Waals surface area (Å²) in [5, 5.41) is 1.25. The van der Waals surface area contributed by atoms with E-state index in [1.54, 1.807) is 6.20 Å². The first kappa shape index (κ1) is 14.0. The highest BCUT2D eigenvalue weighted by atomic mass is 16.7. The maximum atomic E-state index is 11.5. The maximum absolute atomic E-state index is 11.5. The van der Waals surface area contributed by atoms with Crippen molar-refractivity contribution >= 4 is 12.0 Å². The summed E-state index contributed by atoms with van der Waals surface area (Å²) in [4.78, 5) is 17.0. The van der Waals surface area contributed by atoms with E-state index < -0.39 is 0 Å². The zero-order chi connectivity index (χ0) is 14.2. The summed E-state index contributed by atoms with van der Waals surface area (Å²) in [6.45, 7) is 1.83. The minimum Gasteiger partial charge on any atom is -0.273 e. The van der Waals surface area contributed by atoms with Crippen molar-refractivity contribution in [3.05, 3.63) is 78.0 Å². The molecule has 0 aromatic heterocycles. The number of hydrogen-bond donors (Lipinski definition) is 0. The van der Waals surface area contributed by atoms with Gasteiger partial charge in [-0.05, 0) is 17.2 Å². The number of hydroxylamine groups is 2. The van der Waals surface area contributed by atoms with Crippen LogP contribution in [0.4, 0.5) is 0 Å². The lowest BCUT2D eigenvalue weighted by molar-refractivity contribution is -0.171. The quantitative estimate of drug-likeness (QED) is 0.774. The molecule has 0 aliphatic heterocycles. The van der Waals surface area contributed by atoms with Crippen LogP contribution in [0.15, 0.2) is 66.9 Å². The predicted octanol–water partition coefficient (Wildman–Crippen LogP) is 3.64. The van der Waals surface area contributed by atoms with Crippen LogP contribution < -0.4 is 0 Å². The van der Waals surface area contributed by atoms with Crippen molar-refractivity contribution in [3.63, 3.8) is 0 Å². The van der Waals surface area contributed by atoms with E-state index in [0.717, 1.165) is 11.1 Å². The van der Waals surface area contributed by atoms with E-state index in [9.17, 15) is 4.79 Å². The summed E-state index contributed by atoms with van der Waals surface area (Å²) in [6.07, 6.45) is 3.48. The Morgan fingerprint density at radius 3 is 2.25 bits per heavy atom. The monoisotopic (exact) mass is 267 g/mol. The van der Waals surface area contributed by atoms with Crippen molar-refractivity contribution in [2.75, 3.05) is 0 Å². The molecule has 0 bridgehead atoms. The number of rotatable bonds is 5. The number of nitrogens with zero attached hydrogens (tertiary/aromatic N) is 1. The molecule has 0 heterocycles. The average Bonchev–Trinajstić information content (AvgIpc) is 2.49. The fraction of sp³-hybridized carbons (Fsp3) is 0.118. The van der Waals surface area contributed by atoms with Crippen LogP contribution in [0.3, 0.4) is 0 Å². The van der Waals surface area contributed by atoms with Crippen LogP contribution in [0.2, 0.25) is 0 Å². The second-order valence-corrected chi connectivity index (χ2v) is 4.33. The molecule has 0 atom stereocenters. The Labute approximate surface area is 119 Å². The molecule has 0 N–H and O–H groups in total. The van der Waals surface area contributed by atoms with Crippen LogP contribution in [0.25, 0.3) is 6.08 Å². The Morgan fingerprint density at radius 1 is 1.05 bits per heavy atom. The minimum atomic E-state index is -0.159. The molecule has 0 radical (unpaired) electrons. The van der Waals surface area contributed by atoms with Crippen molar-refractivity contribution in [1.29, 1.82) is 0 Å². The molecule has 102 valence electrons. The van der Waals surface area contributed by atoms with Crippen LogP contribution >= 0.6 is 0 Å². The van der Waals surface area contributed by atoms with Crippen molar-refractivity contribution < 1.29 is 9.63 Å². The second kappa shape index (κ2) is 7.26. The summed E-state index contributed by atoms with van der Waals surface area (Å²) < 4.78 is 0. The third-order valence-electron chi connectivity index (χ3n) is 2.73. The highest BCUT2D eigenvalue weighted by Crippen LogP contribution is 2.07. The largest absolute Gasteiger partial charge is 0.273 e. The molecule has 0 spiro atoms. The molecule has 0 aliphatic carbocycles. The van der Waals surface area contributed by atoms with Gasteiger partial charge in [-0.15, -0.1) is 0 Å². The predicted molar refractivity (Wildman–Crippen MR) is 79.2 cm³/mol. The average molecular weight is 267 g/mol. The topological polar surface area (TPSA) is 29.5 Å². The lowest BCUT2D eigenvalue weighted by Gasteiger charge is -2.15. The molecular weight excluding hydrogens is 250 g/mol. The highest BCUT2D eigenvalue weighted by molar-refractivity contribution is 5.74. The first-order chi connectivity index (χ1) is 9.75. The van der Waals surface area contributed by atoms with Crippen LogP contribution in [0.1, 0.15) is 18.1 Å². The zero-order valence-electron chi connectivity index (χ0n) is 11.4. The van der Waals surface area contributed by atoms with Gasteiger partial charge in [-0.3, -0.25) is 9.63 Å². The second-order valence-electron chi connectivity index (χ2n) is 4.33. The molecule has 2 aromatic rings. The summed E-state index contributed by atoms with van der Waals surface area (Å²) in [6, 6.07) is 19.5. The van der Waals surface area contributed by atoms with Gasteiger partial charge in [0.15, 0.2) is 0 Å². The molecule has 0 fully saturated rings. The van der Waals surface area contributed by atoms with Gasteiger partial charge in [-0.25, -0.2) is 0 Å². The minimum absolute atomic E-state index is 0.159. The van der Waals surface area contributed by atoms with E-state index in [-0.39, 0.29) is 5.91 Å². The molecule has 0 saturated carbocycles. The van der Waals surface area contributed by atoms with Crippen LogP contribution in [-0.4, -0.2) is 11.0 Å². The third-order valence-corrected chi connectivity index (χ3v) is 2.73. The molecular formula is C17H17NO2. The number of carbonyl (C=O) groups is 1. The van der Waals surface area contributed by atoms with E-state index >= 15 is 0 Å². The Balaban J connectivity index is 1.97. The Morgan fingerprint density at radius 2 is 1.65 bits per heavy atom. The highest BCUT2D eigenvalue weighted by Gasteiger charge is 2.05. The number of amides is 1. The molecule has 0 aliphatic rings. The van der Waals surface area contributed by atoms with E-state index in [1.165, 1.54) is 12.0 Å². The molecule has 20 heavy (non-hydrogen) atoms. The van der Waals surface area contributed by atoms with Gasteiger partial charge >= 0.3 is 0 Å². The van der Waals surface area contributed by atoms with Gasteiger partial charge < -0.3 is 0 Å². The van der Waals surface area contributed by atoms with Crippen LogP contribution in [-0.2, 0) is 16.2 Å². The number of carbonyl (C=O) groups excluding carboxylic acids is 1. The van der Waals surface area contributed by atoms with Crippen molar-refractivity contribution in [2.24, 2.45) is 0 Å². The van der Waals surface area contributed by atoms with Gasteiger partial charge in [0.1, 0.15) is 6.61 Å². The van der Waals surface area contributed by atoms with E-state index in [1.807, 2.05) is 66.7 Å². The van der Waals surface area contributed by atoms with Gasteiger partial charge in [0.25, 0.3) is 0 Å². The van der Waals surface area contributed by atoms with E-state index in [2.05, 4.69) is 0 Å². The molecule has 3 nitrogen and oxygen atoms in total. The summed E-state index contributed by atoms with van der Waals surface area (Å²) in [7, 11) is 0. The third kappa shape index (κ3) is 4.37. The summed E-state index contributed by atoms with van der Waals surface area (Å²) in [5.41, 5.74) is 2.04. The van der Waals surface area contributed by atoms with Gasteiger partial charge in [-0.1, -0.05) is 60.7 Å². The van der Waals surface area contributed by atoms with Crippen molar-refractivity contribution in [1.82, 2.24) is 5.06 Å². The standard InChI is InChI=1S/C17H17NO2/c1-15(19)18(13-12-16-8-4-2-5-9-16)20-14-17-10-6-3-7-11-17/h2-13H,14H2,1H3/b13-12+. The van der Waals surface area contributed by atoms with E-state index in [0.29, 0.717) is 6.61 Å². The molecule has 2 rings (SSSR count). The molecule has 0 unspecified atom stereocenters. The van der Waals surface area contributed by atoms with Gasteiger partial charge in [0, 0.05) is 13.1 Å². The Hall–Kier alpha value is -2.39. The molecule has 3 heteroatoms. The van der Waals surface area contributed by atoms with Crippen LogP contribution in [0, 0.1) is 0 Å². The zero-order valence-corrected chi connectivity index (χ0v) is 11.4. The van der Waals surface area contributed by atoms with Gasteiger partial charge in [0.2, 0.25) is 5.91 Å². The Kier molecular flexibility index (Phi) is 5.09. The summed E-state index contributed by atoms with van der Waals surface area (Å²) in [5.74, 6) is -0.159.